The minimum absolute atomic E-state index is 0.0671. The lowest BCUT2D eigenvalue weighted by atomic mass is 10.2. The van der Waals surface area contributed by atoms with E-state index in [1.807, 2.05) is 0 Å². The van der Waals surface area contributed by atoms with Gasteiger partial charge in [0.25, 0.3) is 5.91 Å². The van der Waals surface area contributed by atoms with Crippen LogP contribution in [0.15, 0.2) is 24.3 Å². The van der Waals surface area contributed by atoms with Gasteiger partial charge in [-0.25, -0.2) is 9.18 Å². The predicted octanol–water partition coefficient (Wildman–Crippen LogP) is 1.56. The molecule has 8 heteroatoms. The number of halogens is 4. The molecule has 0 aliphatic rings. The first-order valence-electron chi connectivity index (χ1n) is 4.00. The highest BCUT2D eigenvalue weighted by molar-refractivity contribution is 5.92. The fourth-order valence-electron chi connectivity index (χ4n) is 0.661. The summed E-state index contributed by atoms with van der Waals surface area (Å²) in [5, 5.41) is 7.12. The van der Waals surface area contributed by atoms with E-state index in [1.165, 1.54) is 18.2 Å². The smallest absolute Gasteiger partial charge is 0.475 e. The summed E-state index contributed by atoms with van der Waals surface area (Å²) in [6.45, 7) is 0. The molecule has 0 radical (unpaired) electrons. The molecule has 94 valence electrons. The van der Waals surface area contributed by atoms with E-state index in [1.54, 1.807) is 6.07 Å². The standard InChI is InChI=1S/C7H6FNO.C2HF3O2/c8-6-4-2-1-3-5(6)7(9)10;3-2(4,5)1(6)7/h1-4H,(H2,9,10);(H,6,7). The van der Waals surface area contributed by atoms with Crippen LogP contribution in [-0.2, 0) is 4.79 Å². The first-order chi connectivity index (χ1) is 7.66. The van der Waals surface area contributed by atoms with Crippen molar-refractivity contribution in [3.63, 3.8) is 0 Å². The van der Waals surface area contributed by atoms with Crippen molar-refractivity contribution in [2.24, 2.45) is 5.73 Å². The number of hydrogen-bond acceptors (Lipinski definition) is 2. The van der Waals surface area contributed by atoms with E-state index >= 15 is 0 Å². The van der Waals surface area contributed by atoms with Crippen LogP contribution in [0.3, 0.4) is 0 Å². The maximum absolute atomic E-state index is 12.5. The van der Waals surface area contributed by atoms with Crippen LogP contribution in [0.4, 0.5) is 17.6 Å². The van der Waals surface area contributed by atoms with Crippen LogP contribution in [0, 0.1) is 5.82 Å². The zero-order chi connectivity index (χ0) is 13.6. The molecule has 4 nitrogen and oxygen atoms in total. The number of carbonyl (C=O) groups excluding carboxylic acids is 1. The van der Waals surface area contributed by atoms with E-state index in [2.05, 4.69) is 0 Å². The van der Waals surface area contributed by atoms with Crippen LogP contribution < -0.4 is 5.73 Å². The summed E-state index contributed by atoms with van der Waals surface area (Å²) in [5.41, 5.74) is 4.77. The maximum atomic E-state index is 12.5. The number of hydrogen-bond donors (Lipinski definition) is 2. The van der Waals surface area contributed by atoms with Gasteiger partial charge in [-0.3, -0.25) is 4.79 Å². The van der Waals surface area contributed by atoms with Crippen molar-refractivity contribution in [1.29, 1.82) is 0 Å². The molecule has 0 saturated carbocycles. The number of alkyl halides is 3. The third-order valence-corrected chi connectivity index (χ3v) is 1.38. The number of carboxylic acid groups (broad SMARTS) is 1. The highest BCUT2D eigenvalue weighted by Gasteiger charge is 2.38. The van der Waals surface area contributed by atoms with Gasteiger partial charge in [-0.2, -0.15) is 13.2 Å². The lowest BCUT2D eigenvalue weighted by molar-refractivity contribution is -0.192. The second-order valence-corrected chi connectivity index (χ2v) is 2.65. The number of benzene rings is 1. The van der Waals surface area contributed by atoms with Crippen molar-refractivity contribution < 1.29 is 32.3 Å². The summed E-state index contributed by atoms with van der Waals surface area (Å²) in [4.78, 5) is 19.3. The third kappa shape index (κ3) is 5.50. The topological polar surface area (TPSA) is 80.4 Å². The van der Waals surface area contributed by atoms with Gasteiger partial charge < -0.3 is 10.8 Å². The molecule has 1 aromatic rings. The summed E-state index contributed by atoms with van der Waals surface area (Å²) in [5.74, 6) is -4.07. The van der Waals surface area contributed by atoms with Crippen LogP contribution in [-0.4, -0.2) is 23.2 Å². The molecule has 0 unspecified atom stereocenters. The zero-order valence-electron chi connectivity index (χ0n) is 8.16. The Morgan fingerprint density at radius 2 is 1.59 bits per heavy atom. The molecule has 3 N–H and O–H groups in total. The minimum Gasteiger partial charge on any atom is -0.475 e. The van der Waals surface area contributed by atoms with Crippen LogP contribution >= 0.6 is 0 Å². The second-order valence-electron chi connectivity index (χ2n) is 2.65. The molecule has 0 aromatic heterocycles. The van der Waals surface area contributed by atoms with E-state index in [0.717, 1.165) is 0 Å². The van der Waals surface area contributed by atoms with Gasteiger partial charge in [0.1, 0.15) is 5.82 Å². The molecule has 0 bridgehead atoms. The number of aliphatic carboxylic acids is 1. The van der Waals surface area contributed by atoms with Crippen LogP contribution in [0.25, 0.3) is 0 Å². The number of primary amides is 1. The summed E-state index contributed by atoms with van der Waals surface area (Å²) in [7, 11) is 0. The quantitative estimate of drug-likeness (QED) is 0.745. The number of rotatable bonds is 1. The Morgan fingerprint density at radius 1 is 1.18 bits per heavy atom. The normalized spacial score (nSPS) is 10.1. The minimum atomic E-state index is -5.08. The van der Waals surface area contributed by atoms with Gasteiger partial charge in [0.15, 0.2) is 0 Å². The molecular weight excluding hydrogens is 246 g/mol. The van der Waals surface area contributed by atoms with Gasteiger partial charge in [-0.05, 0) is 12.1 Å². The molecule has 0 aliphatic heterocycles. The van der Waals surface area contributed by atoms with Gasteiger partial charge in [0.05, 0.1) is 5.56 Å². The zero-order valence-corrected chi connectivity index (χ0v) is 8.16. The van der Waals surface area contributed by atoms with Crippen LogP contribution in [0.5, 0.6) is 0 Å². The van der Waals surface area contributed by atoms with Gasteiger partial charge in [0, 0.05) is 0 Å². The monoisotopic (exact) mass is 253 g/mol. The lowest BCUT2D eigenvalue weighted by Crippen LogP contribution is -2.21. The molecule has 0 saturated heterocycles. The maximum Gasteiger partial charge on any atom is 0.490 e. The average Bonchev–Trinajstić information content (AvgIpc) is 2.17. The summed E-state index contributed by atoms with van der Waals surface area (Å²) in [6, 6.07) is 5.60. The lowest BCUT2D eigenvalue weighted by Gasteiger charge is -1.94. The number of nitrogens with two attached hydrogens (primary N) is 1. The van der Waals surface area contributed by atoms with Gasteiger partial charge in [0.2, 0.25) is 0 Å². The van der Waals surface area contributed by atoms with E-state index in [9.17, 15) is 22.4 Å². The van der Waals surface area contributed by atoms with E-state index in [-0.39, 0.29) is 5.56 Å². The summed E-state index contributed by atoms with van der Waals surface area (Å²) >= 11 is 0. The Hall–Kier alpha value is -2.12. The first kappa shape index (κ1) is 14.9. The van der Waals surface area contributed by atoms with Crippen LogP contribution in [0.1, 0.15) is 10.4 Å². The summed E-state index contributed by atoms with van der Waals surface area (Å²) in [6.07, 6.45) is -5.08. The molecule has 1 amide bonds. The van der Waals surface area contributed by atoms with Crippen molar-refractivity contribution in [3.05, 3.63) is 35.6 Å². The van der Waals surface area contributed by atoms with Gasteiger partial charge >= 0.3 is 12.1 Å². The predicted molar refractivity (Wildman–Crippen MR) is 48.6 cm³/mol. The Labute approximate surface area is 92.7 Å². The molecule has 17 heavy (non-hydrogen) atoms. The van der Waals surface area contributed by atoms with Gasteiger partial charge in [-0.15, -0.1) is 0 Å². The molecule has 1 aromatic carbocycles. The van der Waals surface area contributed by atoms with E-state index < -0.39 is 23.9 Å². The molecule has 0 atom stereocenters. The van der Waals surface area contributed by atoms with Crippen molar-refractivity contribution in [2.45, 2.75) is 6.18 Å². The number of amides is 1. The van der Waals surface area contributed by atoms with Crippen molar-refractivity contribution in [3.8, 4) is 0 Å². The largest absolute Gasteiger partial charge is 0.490 e. The molecule has 0 spiro atoms. The first-order valence-corrected chi connectivity index (χ1v) is 4.00. The van der Waals surface area contributed by atoms with Crippen molar-refractivity contribution in [1.82, 2.24) is 0 Å². The fourth-order valence-corrected chi connectivity index (χ4v) is 0.661. The summed E-state index contributed by atoms with van der Waals surface area (Å²) < 4.78 is 44.3. The molecular formula is C9H7F4NO3. The molecule has 0 heterocycles. The van der Waals surface area contributed by atoms with Crippen molar-refractivity contribution in [2.75, 3.05) is 0 Å². The average molecular weight is 253 g/mol. The Kier molecular flexibility index (Phi) is 5.10. The molecule has 1 rings (SSSR count). The highest BCUT2D eigenvalue weighted by atomic mass is 19.4. The van der Waals surface area contributed by atoms with E-state index in [4.69, 9.17) is 15.6 Å². The number of carbonyl (C=O) groups is 2. The Bertz CT molecular complexity index is 417. The van der Waals surface area contributed by atoms with Crippen LogP contribution in [0.2, 0.25) is 0 Å². The number of carboxylic acids is 1. The highest BCUT2D eigenvalue weighted by Crippen LogP contribution is 2.13. The van der Waals surface area contributed by atoms with Gasteiger partial charge in [-0.1, -0.05) is 12.1 Å². The molecule has 0 fully saturated rings. The fraction of sp³-hybridized carbons (Fsp3) is 0.111. The van der Waals surface area contributed by atoms with E-state index in [0.29, 0.717) is 0 Å². The molecule has 0 aliphatic carbocycles. The Balaban J connectivity index is 0.000000325. The second kappa shape index (κ2) is 5.83. The SMILES string of the molecule is NC(=O)c1ccccc1F.O=C(O)C(F)(F)F. The Morgan fingerprint density at radius 3 is 1.82 bits per heavy atom. The third-order valence-electron chi connectivity index (χ3n) is 1.38. The van der Waals surface area contributed by atoms with Crippen molar-refractivity contribution >= 4 is 11.9 Å².